The van der Waals surface area contributed by atoms with Crippen molar-refractivity contribution in [2.45, 2.75) is 84.3 Å². The summed E-state index contributed by atoms with van der Waals surface area (Å²) in [6.45, 7) is 11.7. The highest BCUT2D eigenvalue weighted by molar-refractivity contribution is 4.86. The summed E-state index contributed by atoms with van der Waals surface area (Å²) in [6.07, 6.45) is 8.23. The molecule has 1 saturated heterocycles. The van der Waals surface area contributed by atoms with E-state index in [0.29, 0.717) is 6.04 Å². The second kappa shape index (κ2) is 8.10. The molecular weight excluding hydrogens is 208 g/mol. The van der Waals surface area contributed by atoms with Gasteiger partial charge in [0.05, 0.1) is 0 Å². The van der Waals surface area contributed by atoms with E-state index in [9.17, 15) is 0 Å². The van der Waals surface area contributed by atoms with Crippen molar-refractivity contribution in [3.05, 3.63) is 0 Å². The van der Waals surface area contributed by atoms with Gasteiger partial charge in [0.15, 0.2) is 0 Å². The van der Waals surface area contributed by atoms with Gasteiger partial charge in [-0.05, 0) is 26.7 Å². The molecule has 0 saturated carbocycles. The van der Waals surface area contributed by atoms with Crippen molar-refractivity contribution >= 4 is 0 Å². The summed E-state index contributed by atoms with van der Waals surface area (Å²) in [7, 11) is 0. The Kier molecular flexibility index (Phi) is 7.14. The average molecular weight is 240 g/mol. The zero-order valence-corrected chi connectivity index (χ0v) is 12.3. The van der Waals surface area contributed by atoms with Crippen molar-refractivity contribution in [3.63, 3.8) is 0 Å². The van der Waals surface area contributed by atoms with Crippen molar-refractivity contribution in [1.82, 2.24) is 10.2 Å². The standard InChI is InChI=1S/C15H32N2/c1-5-7-8-9-10-14(4)17-12-13(3)16-11-15(17)6-2/h13-16H,5-12H2,1-4H3. The topological polar surface area (TPSA) is 15.3 Å². The monoisotopic (exact) mass is 240 g/mol. The number of nitrogens with one attached hydrogen (secondary N) is 1. The second-order valence-corrected chi connectivity index (χ2v) is 5.77. The summed E-state index contributed by atoms with van der Waals surface area (Å²) in [5.74, 6) is 0. The fourth-order valence-electron chi connectivity index (χ4n) is 2.94. The van der Waals surface area contributed by atoms with E-state index in [2.05, 4.69) is 37.9 Å². The molecule has 17 heavy (non-hydrogen) atoms. The molecule has 2 nitrogen and oxygen atoms in total. The third-order valence-corrected chi connectivity index (χ3v) is 4.17. The molecule has 0 aliphatic carbocycles. The molecular formula is C15H32N2. The van der Waals surface area contributed by atoms with Crippen molar-refractivity contribution in [1.29, 1.82) is 0 Å². The Labute approximate surface area is 108 Å². The first kappa shape index (κ1) is 15.0. The largest absolute Gasteiger partial charge is 0.311 e. The minimum Gasteiger partial charge on any atom is -0.311 e. The van der Waals surface area contributed by atoms with Gasteiger partial charge in [0.25, 0.3) is 0 Å². The van der Waals surface area contributed by atoms with Crippen molar-refractivity contribution in [2.75, 3.05) is 13.1 Å². The number of rotatable bonds is 7. The highest BCUT2D eigenvalue weighted by Crippen LogP contribution is 2.18. The van der Waals surface area contributed by atoms with Crippen LogP contribution in [0.5, 0.6) is 0 Å². The molecule has 1 fully saturated rings. The van der Waals surface area contributed by atoms with Gasteiger partial charge in [0.2, 0.25) is 0 Å². The first-order valence-electron chi connectivity index (χ1n) is 7.68. The predicted molar refractivity (Wildman–Crippen MR) is 76.5 cm³/mol. The Morgan fingerprint density at radius 2 is 2.00 bits per heavy atom. The van der Waals surface area contributed by atoms with Gasteiger partial charge in [-0.2, -0.15) is 0 Å². The third-order valence-electron chi connectivity index (χ3n) is 4.17. The molecule has 1 aliphatic heterocycles. The Balaban J connectivity index is 2.33. The van der Waals surface area contributed by atoms with E-state index in [1.54, 1.807) is 0 Å². The molecule has 1 N–H and O–H groups in total. The average Bonchev–Trinajstić information content (AvgIpc) is 2.34. The molecule has 0 bridgehead atoms. The normalized spacial score (nSPS) is 28.2. The summed E-state index contributed by atoms with van der Waals surface area (Å²) in [6, 6.07) is 2.18. The summed E-state index contributed by atoms with van der Waals surface area (Å²) in [5, 5.41) is 3.60. The highest BCUT2D eigenvalue weighted by Gasteiger charge is 2.27. The molecule has 0 aromatic heterocycles. The quantitative estimate of drug-likeness (QED) is 0.686. The maximum absolute atomic E-state index is 3.60. The molecule has 1 heterocycles. The molecule has 2 heteroatoms. The molecule has 3 unspecified atom stereocenters. The molecule has 1 rings (SSSR count). The van der Waals surface area contributed by atoms with Crippen LogP contribution < -0.4 is 5.32 Å². The van der Waals surface area contributed by atoms with Crippen LogP contribution in [0.1, 0.15) is 66.2 Å². The van der Waals surface area contributed by atoms with Crippen molar-refractivity contribution in [3.8, 4) is 0 Å². The van der Waals surface area contributed by atoms with Gasteiger partial charge in [0.1, 0.15) is 0 Å². The van der Waals surface area contributed by atoms with Crippen LogP contribution in [0, 0.1) is 0 Å². The van der Waals surface area contributed by atoms with E-state index < -0.39 is 0 Å². The van der Waals surface area contributed by atoms with Crippen molar-refractivity contribution < 1.29 is 0 Å². The molecule has 0 spiro atoms. The maximum atomic E-state index is 3.60. The number of hydrogen-bond acceptors (Lipinski definition) is 2. The zero-order valence-electron chi connectivity index (χ0n) is 12.3. The van der Waals surface area contributed by atoms with Gasteiger partial charge in [-0.1, -0.05) is 39.5 Å². The summed E-state index contributed by atoms with van der Waals surface area (Å²) in [5.41, 5.74) is 0. The van der Waals surface area contributed by atoms with Gasteiger partial charge in [-0.3, -0.25) is 4.90 Å². The first-order valence-corrected chi connectivity index (χ1v) is 7.68. The Morgan fingerprint density at radius 3 is 2.65 bits per heavy atom. The highest BCUT2D eigenvalue weighted by atomic mass is 15.2. The van der Waals surface area contributed by atoms with E-state index in [1.807, 2.05) is 0 Å². The van der Waals surface area contributed by atoms with Gasteiger partial charge in [0, 0.05) is 31.2 Å². The smallest absolute Gasteiger partial charge is 0.0221 e. The van der Waals surface area contributed by atoms with E-state index in [0.717, 1.165) is 12.1 Å². The molecule has 3 atom stereocenters. The maximum Gasteiger partial charge on any atom is 0.0221 e. The van der Waals surface area contributed by atoms with E-state index in [4.69, 9.17) is 0 Å². The van der Waals surface area contributed by atoms with Crippen LogP contribution in [0.4, 0.5) is 0 Å². The van der Waals surface area contributed by atoms with E-state index >= 15 is 0 Å². The molecule has 1 aliphatic rings. The summed E-state index contributed by atoms with van der Waals surface area (Å²) in [4.78, 5) is 2.74. The second-order valence-electron chi connectivity index (χ2n) is 5.77. The van der Waals surface area contributed by atoms with Crippen molar-refractivity contribution in [2.24, 2.45) is 0 Å². The minimum absolute atomic E-state index is 0.663. The van der Waals surface area contributed by atoms with Crippen LogP contribution in [0.25, 0.3) is 0 Å². The lowest BCUT2D eigenvalue weighted by Gasteiger charge is -2.42. The first-order chi connectivity index (χ1) is 8.19. The van der Waals surface area contributed by atoms with Gasteiger partial charge < -0.3 is 5.32 Å². The molecule has 0 aromatic carbocycles. The van der Waals surface area contributed by atoms with Crippen LogP contribution in [0.15, 0.2) is 0 Å². The number of nitrogens with zero attached hydrogens (tertiary/aromatic N) is 1. The molecule has 0 amide bonds. The lowest BCUT2D eigenvalue weighted by molar-refractivity contribution is 0.0850. The SMILES string of the molecule is CCCCCCC(C)N1CC(C)NCC1CC. The fourth-order valence-corrected chi connectivity index (χ4v) is 2.94. The van der Waals surface area contributed by atoms with E-state index in [1.165, 1.54) is 51.6 Å². The fraction of sp³-hybridized carbons (Fsp3) is 1.00. The lowest BCUT2D eigenvalue weighted by Crippen LogP contribution is -2.57. The summed E-state index contributed by atoms with van der Waals surface area (Å²) >= 11 is 0. The Bertz CT molecular complexity index is 193. The summed E-state index contributed by atoms with van der Waals surface area (Å²) < 4.78 is 0. The Morgan fingerprint density at radius 1 is 1.24 bits per heavy atom. The minimum atomic E-state index is 0.663. The number of unbranched alkanes of at least 4 members (excludes halogenated alkanes) is 3. The van der Waals surface area contributed by atoms with Crippen LogP contribution in [-0.4, -0.2) is 36.1 Å². The Hall–Kier alpha value is -0.0800. The number of hydrogen-bond donors (Lipinski definition) is 1. The third kappa shape index (κ3) is 4.97. The van der Waals surface area contributed by atoms with Gasteiger partial charge in [-0.15, -0.1) is 0 Å². The zero-order chi connectivity index (χ0) is 12.7. The molecule has 0 radical (unpaired) electrons. The van der Waals surface area contributed by atoms with Crippen LogP contribution in [-0.2, 0) is 0 Å². The van der Waals surface area contributed by atoms with Gasteiger partial charge >= 0.3 is 0 Å². The van der Waals surface area contributed by atoms with Crippen LogP contribution in [0.2, 0.25) is 0 Å². The molecule has 0 aromatic rings. The van der Waals surface area contributed by atoms with Gasteiger partial charge in [-0.25, -0.2) is 0 Å². The van der Waals surface area contributed by atoms with Crippen LogP contribution >= 0.6 is 0 Å². The number of piperazine rings is 1. The van der Waals surface area contributed by atoms with Crippen LogP contribution in [0.3, 0.4) is 0 Å². The predicted octanol–water partition coefficient (Wildman–Crippen LogP) is 3.42. The lowest BCUT2D eigenvalue weighted by atomic mass is 10.0. The van der Waals surface area contributed by atoms with E-state index in [-0.39, 0.29) is 0 Å². The molecule has 102 valence electrons.